The van der Waals surface area contributed by atoms with Crippen LogP contribution in [-0.4, -0.2) is 28.6 Å². The number of nitrogens with zero attached hydrogens (tertiary/aromatic N) is 1. The Balaban J connectivity index is 1.53. The molecule has 172 valence electrons. The average molecular weight is 463 g/mol. The van der Waals surface area contributed by atoms with Crippen molar-refractivity contribution in [1.82, 2.24) is 14.9 Å². The Morgan fingerprint density at radius 1 is 1.12 bits per heavy atom. The summed E-state index contributed by atoms with van der Waals surface area (Å²) in [7, 11) is 0. The number of halogens is 3. The lowest BCUT2D eigenvalue weighted by Gasteiger charge is -2.13. The zero-order valence-corrected chi connectivity index (χ0v) is 16.8. The molecule has 1 amide bonds. The van der Waals surface area contributed by atoms with Gasteiger partial charge in [0.05, 0.1) is 6.54 Å². The van der Waals surface area contributed by atoms with Crippen molar-refractivity contribution < 1.29 is 32.2 Å². The van der Waals surface area contributed by atoms with Crippen molar-refractivity contribution in [3.8, 4) is 17.2 Å². The second-order valence-corrected chi connectivity index (χ2v) is 6.92. The second-order valence-electron chi connectivity index (χ2n) is 6.92. The molecule has 0 saturated carbocycles. The molecule has 12 heteroatoms. The minimum Gasteiger partial charge on any atom is -0.454 e. The molecular weight excluding hydrogens is 447 g/mol. The fourth-order valence-electron chi connectivity index (χ4n) is 3.18. The lowest BCUT2D eigenvalue weighted by molar-refractivity contribution is -0.274. The Hall–Kier alpha value is -4.22. The molecule has 2 aromatic carbocycles. The van der Waals surface area contributed by atoms with Gasteiger partial charge in [0.1, 0.15) is 11.3 Å². The molecule has 0 saturated heterocycles. The molecule has 0 bridgehead atoms. The monoisotopic (exact) mass is 463 g/mol. The molecule has 0 radical (unpaired) electrons. The smallest absolute Gasteiger partial charge is 0.454 e. The van der Waals surface area contributed by atoms with Crippen molar-refractivity contribution >= 4 is 5.91 Å². The maximum Gasteiger partial charge on any atom is 0.573 e. The fraction of sp³-hybridized carbons (Fsp3) is 0.190. The van der Waals surface area contributed by atoms with Crippen LogP contribution in [0.4, 0.5) is 13.2 Å². The maximum absolute atomic E-state index is 12.8. The molecule has 33 heavy (non-hydrogen) atoms. The highest BCUT2D eigenvalue weighted by Crippen LogP contribution is 2.32. The van der Waals surface area contributed by atoms with E-state index < -0.39 is 29.3 Å². The number of carbonyl (C=O) groups excluding carboxylic acids is 1. The lowest BCUT2D eigenvalue weighted by Crippen LogP contribution is -2.40. The molecule has 0 atom stereocenters. The van der Waals surface area contributed by atoms with Crippen molar-refractivity contribution in [2.75, 3.05) is 6.79 Å². The first-order valence-electron chi connectivity index (χ1n) is 9.54. The third-order valence-corrected chi connectivity index (χ3v) is 4.72. The maximum atomic E-state index is 12.8. The Morgan fingerprint density at radius 3 is 2.67 bits per heavy atom. The van der Waals surface area contributed by atoms with Crippen LogP contribution in [0.15, 0.2) is 58.3 Å². The molecule has 0 unspecified atom stereocenters. The second kappa shape index (κ2) is 8.73. The summed E-state index contributed by atoms with van der Waals surface area (Å²) in [5, 5.41) is 2.37. The first kappa shape index (κ1) is 22.0. The molecule has 2 heterocycles. The third-order valence-electron chi connectivity index (χ3n) is 4.72. The van der Waals surface area contributed by atoms with Gasteiger partial charge >= 0.3 is 12.1 Å². The van der Waals surface area contributed by atoms with Crippen molar-refractivity contribution in [2.45, 2.75) is 19.5 Å². The molecule has 0 aliphatic carbocycles. The summed E-state index contributed by atoms with van der Waals surface area (Å²) in [5.74, 6) is -0.363. The molecule has 4 rings (SSSR count). The van der Waals surface area contributed by atoms with Gasteiger partial charge in [-0.3, -0.25) is 14.2 Å². The van der Waals surface area contributed by atoms with Crippen molar-refractivity contribution in [3.05, 3.63) is 86.2 Å². The fourth-order valence-corrected chi connectivity index (χ4v) is 3.18. The predicted molar refractivity (Wildman–Crippen MR) is 107 cm³/mol. The number of benzene rings is 2. The van der Waals surface area contributed by atoms with E-state index in [1.165, 1.54) is 18.2 Å². The van der Waals surface area contributed by atoms with Crippen LogP contribution in [0.2, 0.25) is 0 Å². The number of ether oxygens (including phenoxy) is 3. The van der Waals surface area contributed by atoms with E-state index in [2.05, 4.69) is 15.0 Å². The van der Waals surface area contributed by atoms with Crippen LogP contribution in [-0.2, 0) is 13.1 Å². The minimum atomic E-state index is -4.90. The molecule has 2 N–H and O–H groups in total. The number of alkyl halides is 3. The SMILES string of the molecule is O=C(NCc1ccccc1OC(F)(F)F)c1c[nH]c(=O)n(Cc2ccc3c(c2)OCO3)c1=O. The first-order valence-corrected chi connectivity index (χ1v) is 9.54. The normalized spacial score (nSPS) is 12.5. The number of hydrogen-bond acceptors (Lipinski definition) is 6. The number of nitrogens with one attached hydrogen (secondary N) is 2. The van der Waals surface area contributed by atoms with Crippen LogP contribution in [0.25, 0.3) is 0 Å². The van der Waals surface area contributed by atoms with Gasteiger partial charge in [-0.2, -0.15) is 0 Å². The Morgan fingerprint density at radius 2 is 1.88 bits per heavy atom. The zero-order valence-electron chi connectivity index (χ0n) is 16.8. The number of H-pyrrole nitrogens is 1. The summed E-state index contributed by atoms with van der Waals surface area (Å²) in [5.41, 5.74) is -1.38. The van der Waals surface area contributed by atoms with Gasteiger partial charge in [-0.1, -0.05) is 24.3 Å². The predicted octanol–water partition coefficient (Wildman–Crippen LogP) is 2.14. The number of para-hydroxylation sites is 1. The number of rotatable bonds is 6. The van der Waals surface area contributed by atoms with Gasteiger partial charge in [0.15, 0.2) is 11.5 Å². The standard InChI is InChI=1S/C21H16F3N3O6/c22-21(23,24)33-15-4-2-1-3-13(15)8-25-18(28)14-9-26-20(30)27(19(14)29)10-12-5-6-16-17(7-12)32-11-31-16/h1-7,9H,8,10-11H2,(H,25,28)(H,26,30). The van der Waals surface area contributed by atoms with Crippen LogP contribution in [0.1, 0.15) is 21.5 Å². The number of aromatic amines is 1. The van der Waals surface area contributed by atoms with Gasteiger partial charge in [-0.15, -0.1) is 13.2 Å². The summed E-state index contributed by atoms with van der Waals surface area (Å²) in [4.78, 5) is 39.9. The van der Waals surface area contributed by atoms with E-state index in [4.69, 9.17) is 9.47 Å². The molecule has 1 aliphatic rings. The summed E-state index contributed by atoms with van der Waals surface area (Å²) in [6, 6.07) is 10.2. The highest BCUT2D eigenvalue weighted by molar-refractivity contribution is 5.93. The summed E-state index contributed by atoms with van der Waals surface area (Å²) in [6.45, 7) is -0.424. The van der Waals surface area contributed by atoms with E-state index in [0.29, 0.717) is 17.1 Å². The number of carbonyl (C=O) groups is 1. The van der Waals surface area contributed by atoms with E-state index in [-0.39, 0.29) is 31.0 Å². The highest BCUT2D eigenvalue weighted by Gasteiger charge is 2.32. The number of aromatic nitrogens is 2. The third kappa shape index (κ3) is 5.00. The minimum absolute atomic E-state index is 0.0493. The summed E-state index contributed by atoms with van der Waals surface area (Å²) >= 11 is 0. The van der Waals surface area contributed by atoms with E-state index >= 15 is 0 Å². The van der Waals surface area contributed by atoms with Crippen LogP contribution in [0.5, 0.6) is 17.2 Å². The molecule has 1 aliphatic heterocycles. The first-order chi connectivity index (χ1) is 15.7. The van der Waals surface area contributed by atoms with Crippen molar-refractivity contribution in [3.63, 3.8) is 0 Å². The molecule has 1 aromatic heterocycles. The van der Waals surface area contributed by atoms with E-state index in [1.807, 2.05) is 0 Å². The zero-order chi connectivity index (χ0) is 23.6. The van der Waals surface area contributed by atoms with Gasteiger partial charge in [0.25, 0.3) is 11.5 Å². The van der Waals surface area contributed by atoms with Crippen molar-refractivity contribution in [1.29, 1.82) is 0 Å². The molecular formula is C21H16F3N3O6. The molecule has 3 aromatic rings. The molecule has 0 spiro atoms. The van der Waals surface area contributed by atoms with E-state index in [1.54, 1.807) is 18.2 Å². The number of hydrogen-bond donors (Lipinski definition) is 2. The highest BCUT2D eigenvalue weighted by atomic mass is 19.4. The number of amides is 1. The van der Waals surface area contributed by atoms with Gasteiger partial charge in [0, 0.05) is 18.3 Å². The Kier molecular flexibility index (Phi) is 5.82. The molecule has 0 fully saturated rings. The van der Waals surface area contributed by atoms with Crippen LogP contribution >= 0.6 is 0 Å². The largest absolute Gasteiger partial charge is 0.573 e. The Bertz CT molecular complexity index is 1320. The van der Waals surface area contributed by atoms with Gasteiger partial charge < -0.3 is 24.5 Å². The van der Waals surface area contributed by atoms with Gasteiger partial charge in [0.2, 0.25) is 6.79 Å². The Labute approximate surface area is 183 Å². The average Bonchev–Trinajstić information content (AvgIpc) is 3.23. The topological polar surface area (TPSA) is 112 Å². The van der Waals surface area contributed by atoms with Crippen LogP contribution < -0.4 is 30.8 Å². The lowest BCUT2D eigenvalue weighted by atomic mass is 10.2. The van der Waals surface area contributed by atoms with E-state index in [0.717, 1.165) is 16.8 Å². The van der Waals surface area contributed by atoms with Crippen LogP contribution in [0.3, 0.4) is 0 Å². The number of fused-ring (bicyclic) bond motifs is 1. The van der Waals surface area contributed by atoms with Gasteiger partial charge in [-0.25, -0.2) is 4.79 Å². The van der Waals surface area contributed by atoms with Gasteiger partial charge in [-0.05, 0) is 23.8 Å². The summed E-state index contributed by atoms with van der Waals surface area (Å²) in [6.07, 6.45) is -3.95. The quantitative estimate of drug-likeness (QED) is 0.580. The van der Waals surface area contributed by atoms with Crippen molar-refractivity contribution in [2.24, 2.45) is 0 Å². The van der Waals surface area contributed by atoms with E-state index in [9.17, 15) is 27.6 Å². The molecule has 9 nitrogen and oxygen atoms in total. The van der Waals surface area contributed by atoms with Crippen LogP contribution in [0, 0.1) is 0 Å². The summed E-state index contributed by atoms with van der Waals surface area (Å²) < 4.78 is 53.0.